The van der Waals surface area contributed by atoms with Crippen LogP contribution in [0.25, 0.3) is 0 Å². The van der Waals surface area contributed by atoms with Crippen LogP contribution >= 0.6 is 0 Å². The van der Waals surface area contributed by atoms with Gasteiger partial charge in [-0.1, -0.05) is 0 Å². The molecule has 92 valence electrons. The van der Waals surface area contributed by atoms with E-state index >= 15 is 0 Å². The zero-order valence-electron chi connectivity index (χ0n) is 10.1. The van der Waals surface area contributed by atoms with Gasteiger partial charge in [0.2, 0.25) is 6.79 Å². The van der Waals surface area contributed by atoms with Crippen molar-refractivity contribution in [1.29, 1.82) is 0 Å². The minimum absolute atomic E-state index is 0.336. The average molecular weight is 234 g/mol. The fourth-order valence-electron chi connectivity index (χ4n) is 2.40. The summed E-state index contributed by atoms with van der Waals surface area (Å²) in [6.45, 7) is 4.54. The zero-order valence-corrected chi connectivity index (χ0v) is 10.1. The lowest BCUT2D eigenvalue weighted by Crippen LogP contribution is -2.29. The van der Waals surface area contributed by atoms with Crippen LogP contribution in [0, 0.1) is 6.92 Å². The van der Waals surface area contributed by atoms with E-state index in [9.17, 15) is 0 Å². The van der Waals surface area contributed by atoms with Crippen LogP contribution in [0.3, 0.4) is 0 Å². The Labute approximate surface area is 101 Å². The highest BCUT2D eigenvalue weighted by molar-refractivity contribution is 5.60. The summed E-state index contributed by atoms with van der Waals surface area (Å²) in [6.07, 6.45) is 2.54. The standard InChI is InChI=1S/C13H18N2O2/c1-9-5-12-13(17-8-16-12)6-11(9)15-7-10-3-2-4-14-10/h5-6,10,14-15H,2-4,7-8H2,1H3. The Morgan fingerprint density at radius 2 is 2.18 bits per heavy atom. The monoisotopic (exact) mass is 234 g/mol. The topological polar surface area (TPSA) is 42.5 Å². The van der Waals surface area contributed by atoms with E-state index in [2.05, 4.69) is 17.6 Å². The minimum atomic E-state index is 0.336. The van der Waals surface area contributed by atoms with Crippen LogP contribution in [-0.4, -0.2) is 25.9 Å². The van der Waals surface area contributed by atoms with Crippen molar-refractivity contribution >= 4 is 5.69 Å². The van der Waals surface area contributed by atoms with Crippen molar-refractivity contribution in [3.8, 4) is 11.5 Å². The van der Waals surface area contributed by atoms with Crippen LogP contribution in [0.5, 0.6) is 11.5 Å². The van der Waals surface area contributed by atoms with Crippen LogP contribution in [0.15, 0.2) is 12.1 Å². The maximum atomic E-state index is 5.39. The van der Waals surface area contributed by atoms with Crippen molar-refractivity contribution in [2.75, 3.05) is 25.2 Å². The summed E-state index contributed by atoms with van der Waals surface area (Å²) in [6, 6.07) is 4.67. The molecule has 2 heterocycles. The smallest absolute Gasteiger partial charge is 0.231 e. The van der Waals surface area contributed by atoms with Crippen LogP contribution < -0.4 is 20.1 Å². The molecule has 17 heavy (non-hydrogen) atoms. The average Bonchev–Trinajstić information content (AvgIpc) is 2.95. The molecule has 1 unspecified atom stereocenters. The van der Waals surface area contributed by atoms with Gasteiger partial charge in [0.25, 0.3) is 0 Å². The molecule has 0 bridgehead atoms. The summed E-state index contributed by atoms with van der Waals surface area (Å²) in [5.74, 6) is 1.70. The number of fused-ring (bicyclic) bond motifs is 1. The van der Waals surface area contributed by atoms with Gasteiger partial charge in [-0.3, -0.25) is 0 Å². The van der Waals surface area contributed by atoms with Gasteiger partial charge in [0.05, 0.1) is 0 Å². The van der Waals surface area contributed by atoms with E-state index in [4.69, 9.17) is 9.47 Å². The molecule has 3 rings (SSSR count). The number of ether oxygens (including phenoxy) is 2. The maximum absolute atomic E-state index is 5.39. The molecule has 1 fully saturated rings. The summed E-state index contributed by atoms with van der Waals surface area (Å²) in [5.41, 5.74) is 2.34. The predicted octanol–water partition coefficient (Wildman–Crippen LogP) is 1.89. The molecule has 1 saturated heterocycles. The van der Waals surface area contributed by atoms with Gasteiger partial charge in [-0.15, -0.1) is 0 Å². The Hall–Kier alpha value is -1.42. The molecule has 0 spiro atoms. The Balaban J connectivity index is 1.69. The van der Waals surface area contributed by atoms with E-state index in [1.807, 2.05) is 12.1 Å². The van der Waals surface area contributed by atoms with Gasteiger partial charge in [0, 0.05) is 24.3 Å². The normalized spacial score (nSPS) is 21.8. The third-order valence-electron chi connectivity index (χ3n) is 3.42. The molecule has 0 saturated carbocycles. The number of hydrogen-bond acceptors (Lipinski definition) is 4. The van der Waals surface area contributed by atoms with E-state index < -0.39 is 0 Å². The molecule has 1 aromatic rings. The first-order chi connectivity index (χ1) is 8.33. The lowest BCUT2D eigenvalue weighted by Gasteiger charge is -2.14. The van der Waals surface area contributed by atoms with E-state index in [0.29, 0.717) is 12.8 Å². The highest BCUT2D eigenvalue weighted by atomic mass is 16.7. The van der Waals surface area contributed by atoms with Crippen molar-refractivity contribution in [2.45, 2.75) is 25.8 Å². The first kappa shape index (κ1) is 10.7. The highest BCUT2D eigenvalue weighted by Crippen LogP contribution is 2.36. The summed E-state index contributed by atoms with van der Waals surface area (Å²) in [7, 11) is 0. The molecule has 4 heteroatoms. The third-order valence-corrected chi connectivity index (χ3v) is 3.42. The SMILES string of the molecule is Cc1cc2c(cc1NCC1CCCN1)OCO2. The fourth-order valence-corrected chi connectivity index (χ4v) is 2.40. The molecule has 4 nitrogen and oxygen atoms in total. The van der Waals surface area contributed by atoms with Gasteiger partial charge in [-0.25, -0.2) is 0 Å². The summed E-state index contributed by atoms with van der Waals surface area (Å²) in [5, 5.41) is 6.97. The van der Waals surface area contributed by atoms with E-state index in [1.54, 1.807) is 0 Å². The van der Waals surface area contributed by atoms with E-state index in [-0.39, 0.29) is 0 Å². The maximum Gasteiger partial charge on any atom is 0.231 e. The van der Waals surface area contributed by atoms with Crippen molar-refractivity contribution in [3.63, 3.8) is 0 Å². The van der Waals surface area contributed by atoms with Gasteiger partial charge < -0.3 is 20.1 Å². The molecule has 0 amide bonds. The number of benzene rings is 1. The Morgan fingerprint density at radius 1 is 1.35 bits per heavy atom. The molecule has 0 aromatic heterocycles. The Kier molecular flexibility index (Phi) is 2.81. The molecule has 1 aromatic carbocycles. The Bertz CT molecular complexity index is 414. The molecular formula is C13H18N2O2. The van der Waals surface area contributed by atoms with Crippen LogP contribution in [-0.2, 0) is 0 Å². The first-order valence-electron chi connectivity index (χ1n) is 6.20. The van der Waals surface area contributed by atoms with Crippen LogP contribution in [0.1, 0.15) is 18.4 Å². The van der Waals surface area contributed by atoms with Gasteiger partial charge in [0.15, 0.2) is 11.5 Å². The van der Waals surface area contributed by atoms with E-state index in [1.165, 1.54) is 18.4 Å². The quantitative estimate of drug-likeness (QED) is 0.838. The highest BCUT2D eigenvalue weighted by Gasteiger charge is 2.17. The van der Waals surface area contributed by atoms with Crippen LogP contribution in [0.4, 0.5) is 5.69 Å². The molecule has 0 radical (unpaired) electrons. The second kappa shape index (κ2) is 4.45. The fraction of sp³-hybridized carbons (Fsp3) is 0.538. The summed E-state index contributed by atoms with van der Waals surface area (Å²) >= 11 is 0. The van der Waals surface area contributed by atoms with Crippen LogP contribution in [0.2, 0.25) is 0 Å². The molecule has 0 aliphatic carbocycles. The van der Waals surface area contributed by atoms with Gasteiger partial charge in [-0.2, -0.15) is 0 Å². The molecule has 2 aliphatic rings. The second-order valence-corrected chi connectivity index (χ2v) is 4.69. The number of nitrogens with one attached hydrogen (secondary N) is 2. The first-order valence-corrected chi connectivity index (χ1v) is 6.20. The predicted molar refractivity (Wildman–Crippen MR) is 66.8 cm³/mol. The lowest BCUT2D eigenvalue weighted by atomic mass is 10.1. The zero-order chi connectivity index (χ0) is 11.7. The van der Waals surface area contributed by atoms with Gasteiger partial charge in [0.1, 0.15) is 0 Å². The Morgan fingerprint density at radius 3 is 2.94 bits per heavy atom. The molecule has 2 aliphatic heterocycles. The number of anilines is 1. The third kappa shape index (κ3) is 2.17. The number of rotatable bonds is 3. The molecule has 1 atom stereocenters. The van der Waals surface area contributed by atoms with Crippen molar-refractivity contribution < 1.29 is 9.47 Å². The lowest BCUT2D eigenvalue weighted by molar-refractivity contribution is 0.174. The molecule has 2 N–H and O–H groups in total. The summed E-state index contributed by atoms with van der Waals surface area (Å²) in [4.78, 5) is 0. The molecular weight excluding hydrogens is 216 g/mol. The number of aryl methyl sites for hydroxylation is 1. The van der Waals surface area contributed by atoms with Gasteiger partial charge >= 0.3 is 0 Å². The largest absolute Gasteiger partial charge is 0.454 e. The minimum Gasteiger partial charge on any atom is -0.454 e. The number of hydrogen-bond donors (Lipinski definition) is 2. The van der Waals surface area contributed by atoms with Crippen molar-refractivity contribution in [1.82, 2.24) is 5.32 Å². The van der Waals surface area contributed by atoms with Gasteiger partial charge in [-0.05, 0) is 37.9 Å². The summed E-state index contributed by atoms with van der Waals surface area (Å²) < 4.78 is 10.7. The van der Waals surface area contributed by atoms with E-state index in [0.717, 1.165) is 30.3 Å². The van der Waals surface area contributed by atoms with Crippen molar-refractivity contribution in [2.24, 2.45) is 0 Å². The second-order valence-electron chi connectivity index (χ2n) is 4.69. The van der Waals surface area contributed by atoms with Crippen molar-refractivity contribution in [3.05, 3.63) is 17.7 Å².